The van der Waals surface area contributed by atoms with Crippen LogP contribution >= 0.6 is 0 Å². The summed E-state index contributed by atoms with van der Waals surface area (Å²) >= 11 is 0. The van der Waals surface area contributed by atoms with Crippen molar-refractivity contribution < 1.29 is 4.79 Å². The number of pyridine rings is 1. The van der Waals surface area contributed by atoms with Crippen molar-refractivity contribution in [3.05, 3.63) is 41.1 Å². The summed E-state index contributed by atoms with van der Waals surface area (Å²) in [5.74, 6) is 0.470. The largest absolute Gasteiger partial charge is 0.351 e. The van der Waals surface area contributed by atoms with Crippen molar-refractivity contribution in [2.75, 3.05) is 13.1 Å². The number of nitrogens with two attached hydrogens (primary N) is 1. The molecule has 0 radical (unpaired) electrons. The minimum Gasteiger partial charge on any atom is -0.351 e. The SMILES string of the molecule is Cc1ccc2nc(C3CC3)cc(C(=O)NCCN)c2c1. The van der Waals surface area contributed by atoms with Crippen LogP contribution in [0.1, 0.15) is 40.4 Å². The van der Waals surface area contributed by atoms with Crippen LogP contribution in [0.4, 0.5) is 0 Å². The first-order valence-corrected chi connectivity index (χ1v) is 7.08. The lowest BCUT2D eigenvalue weighted by molar-refractivity contribution is 0.0956. The maximum Gasteiger partial charge on any atom is 0.252 e. The highest BCUT2D eigenvalue weighted by Gasteiger charge is 2.26. The zero-order chi connectivity index (χ0) is 14.1. The van der Waals surface area contributed by atoms with Crippen molar-refractivity contribution >= 4 is 16.8 Å². The number of carbonyl (C=O) groups excluding carboxylic acids is 1. The molecule has 104 valence electrons. The van der Waals surface area contributed by atoms with Crippen LogP contribution in [0.25, 0.3) is 10.9 Å². The number of nitrogens with one attached hydrogen (secondary N) is 1. The number of rotatable bonds is 4. The summed E-state index contributed by atoms with van der Waals surface area (Å²) in [6.45, 7) is 2.96. The van der Waals surface area contributed by atoms with Crippen molar-refractivity contribution in [1.82, 2.24) is 10.3 Å². The van der Waals surface area contributed by atoms with Gasteiger partial charge in [0.15, 0.2) is 0 Å². The summed E-state index contributed by atoms with van der Waals surface area (Å²) in [6.07, 6.45) is 2.35. The molecule has 1 aliphatic rings. The van der Waals surface area contributed by atoms with Gasteiger partial charge in [0.2, 0.25) is 0 Å². The molecule has 1 heterocycles. The van der Waals surface area contributed by atoms with Gasteiger partial charge in [0.1, 0.15) is 0 Å². The van der Waals surface area contributed by atoms with E-state index in [0.29, 0.717) is 24.6 Å². The smallest absolute Gasteiger partial charge is 0.252 e. The van der Waals surface area contributed by atoms with Crippen LogP contribution in [0.15, 0.2) is 24.3 Å². The third-order valence-electron chi connectivity index (χ3n) is 3.65. The van der Waals surface area contributed by atoms with Crippen molar-refractivity contribution in [3.8, 4) is 0 Å². The highest BCUT2D eigenvalue weighted by molar-refractivity contribution is 6.06. The number of aromatic nitrogens is 1. The van der Waals surface area contributed by atoms with Crippen LogP contribution in [-0.4, -0.2) is 24.0 Å². The van der Waals surface area contributed by atoms with Crippen molar-refractivity contribution in [2.24, 2.45) is 5.73 Å². The van der Waals surface area contributed by atoms with Gasteiger partial charge >= 0.3 is 0 Å². The molecule has 3 N–H and O–H groups in total. The van der Waals surface area contributed by atoms with Crippen LogP contribution in [-0.2, 0) is 0 Å². The van der Waals surface area contributed by atoms with E-state index in [-0.39, 0.29) is 5.91 Å². The fraction of sp³-hybridized carbons (Fsp3) is 0.375. The van der Waals surface area contributed by atoms with Gasteiger partial charge in [0, 0.05) is 30.1 Å². The van der Waals surface area contributed by atoms with Crippen LogP contribution in [0.2, 0.25) is 0 Å². The lowest BCUT2D eigenvalue weighted by Crippen LogP contribution is -2.29. The number of fused-ring (bicyclic) bond motifs is 1. The van der Waals surface area contributed by atoms with E-state index in [4.69, 9.17) is 10.7 Å². The average Bonchev–Trinajstić information content (AvgIpc) is 3.28. The zero-order valence-corrected chi connectivity index (χ0v) is 11.6. The fourth-order valence-corrected chi connectivity index (χ4v) is 2.42. The Morgan fingerprint density at radius 2 is 2.20 bits per heavy atom. The molecule has 1 aromatic heterocycles. The van der Waals surface area contributed by atoms with Gasteiger partial charge in [-0.3, -0.25) is 9.78 Å². The summed E-state index contributed by atoms with van der Waals surface area (Å²) in [6, 6.07) is 8.01. The lowest BCUT2D eigenvalue weighted by atomic mass is 10.0. The number of benzene rings is 1. The highest BCUT2D eigenvalue weighted by Crippen LogP contribution is 2.40. The van der Waals surface area contributed by atoms with E-state index in [1.54, 1.807) is 0 Å². The summed E-state index contributed by atoms with van der Waals surface area (Å²) < 4.78 is 0. The van der Waals surface area contributed by atoms with Crippen molar-refractivity contribution in [3.63, 3.8) is 0 Å². The maximum absolute atomic E-state index is 12.3. The molecule has 0 atom stereocenters. The third-order valence-corrected chi connectivity index (χ3v) is 3.65. The Morgan fingerprint density at radius 3 is 2.90 bits per heavy atom. The molecule has 0 aliphatic heterocycles. The molecule has 0 unspecified atom stereocenters. The fourth-order valence-electron chi connectivity index (χ4n) is 2.42. The van der Waals surface area contributed by atoms with Crippen LogP contribution in [0.5, 0.6) is 0 Å². The predicted octanol–water partition coefficient (Wildman–Crippen LogP) is 2.11. The number of hydrogen-bond donors (Lipinski definition) is 2. The molecule has 3 rings (SSSR count). The standard InChI is InChI=1S/C16H19N3O/c1-10-2-5-14-12(8-10)13(16(20)18-7-6-17)9-15(19-14)11-3-4-11/h2,5,8-9,11H,3-4,6-7,17H2,1H3,(H,18,20). The van der Waals surface area contributed by atoms with Crippen molar-refractivity contribution in [2.45, 2.75) is 25.7 Å². The molecule has 2 aromatic rings. The second-order valence-electron chi connectivity index (χ2n) is 5.43. The monoisotopic (exact) mass is 269 g/mol. The Kier molecular flexibility index (Phi) is 3.40. The van der Waals surface area contributed by atoms with Gasteiger partial charge < -0.3 is 11.1 Å². The highest BCUT2D eigenvalue weighted by atomic mass is 16.1. The topological polar surface area (TPSA) is 68.0 Å². The zero-order valence-electron chi connectivity index (χ0n) is 11.6. The quantitative estimate of drug-likeness (QED) is 0.893. The average molecular weight is 269 g/mol. The van der Waals surface area contributed by atoms with E-state index in [0.717, 1.165) is 22.2 Å². The van der Waals surface area contributed by atoms with Gasteiger partial charge in [-0.15, -0.1) is 0 Å². The van der Waals surface area contributed by atoms with Crippen LogP contribution in [0.3, 0.4) is 0 Å². The molecular formula is C16H19N3O. The second-order valence-corrected chi connectivity index (χ2v) is 5.43. The van der Waals surface area contributed by atoms with Gasteiger partial charge in [-0.1, -0.05) is 11.6 Å². The van der Waals surface area contributed by atoms with Crippen LogP contribution in [0, 0.1) is 6.92 Å². The minimum absolute atomic E-state index is 0.0599. The molecule has 1 aliphatic carbocycles. The predicted molar refractivity (Wildman–Crippen MR) is 79.8 cm³/mol. The third kappa shape index (κ3) is 2.51. The minimum atomic E-state index is -0.0599. The first-order valence-electron chi connectivity index (χ1n) is 7.08. The van der Waals surface area contributed by atoms with Gasteiger partial charge in [0.25, 0.3) is 5.91 Å². The first kappa shape index (κ1) is 13.1. The molecule has 1 saturated carbocycles. The Balaban J connectivity index is 2.10. The van der Waals surface area contributed by atoms with E-state index in [2.05, 4.69) is 5.32 Å². The molecule has 0 bridgehead atoms. The van der Waals surface area contributed by atoms with Gasteiger partial charge in [-0.2, -0.15) is 0 Å². The van der Waals surface area contributed by atoms with Crippen LogP contribution < -0.4 is 11.1 Å². The molecule has 20 heavy (non-hydrogen) atoms. The molecule has 0 spiro atoms. The summed E-state index contributed by atoms with van der Waals surface area (Å²) in [4.78, 5) is 17.0. The Bertz CT molecular complexity index is 662. The molecule has 4 heteroatoms. The van der Waals surface area contributed by atoms with E-state index < -0.39 is 0 Å². The number of aryl methyl sites for hydroxylation is 1. The van der Waals surface area contributed by atoms with Gasteiger partial charge in [0.05, 0.1) is 11.1 Å². The molecular weight excluding hydrogens is 250 g/mol. The summed E-state index contributed by atoms with van der Waals surface area (Å²) in [7, 11) is 0. The van der Waals surface area contributed by atoms with Gasteiger partial charge in [-0.05, 0) is 38.0 Å². The number of hydrogen-bond acceptors (Lipinski definition) is 3. The Morgan fingerprint density at radius 1 is 1.40 bits per heavy atom. The lowest BCUT2D eigenvalue weighted by Gasteiger charge is -2.10. The molecule has 4 nitrogen and oxygen atoms in total. The number of nitrogens with zero attached hydrogens (tertiary/aromatic N) is 1. The summed E-state index contributed by atoms with van der Waals surface area (Å²) in [5, 5.41) is 3.78. The molecule has 1 fully saturated rings. The number of amides is 1. The van der Waals surface area contributed by atoms with E-state index in [1.165, 1.54) is 12.8 Å². The molecule has 1 aromatic carbocycles. The Labute approximate surface area is 118 Å². The van der Waals surface area contributed by atoms with E-state index in [1.807, 2.05) is 31.2 Å². The maximum atomic E-state index is 12.3. The van der Waals surface area contributed by atoms with E-state index >= 15 is 0 Å². The first-order chi connectivity index (χ1) is 9.69. The second kappa shape index (κ2) is 5.21. The molecule has 1 amide bonds. The number of carbonyl (C=O) groups is 1. The summed E-state index contributed by atoms with van der Waals surface area (Å²) in [5.41, 5.74) is 9.24. The molecule has 0 saturated heterocycles. The Hall–Kier alpha value is -1.94. The van der Waals surface area contributed by atoms with Crippen molar-refractivity contribution in [1.29, 1.82) is 0 Å². The normalized spacial score (nSPS) is 14.5. The van der Waals surface area contributed by atoms with Gasteiger partial charge in [-0.25, -0.2) is 0 Å². The van der Waals surface area contributed by atoms with E-state index in [9.17, 15) is 4.79 Å².